The number of benzene rings is 1. The SMILES string of the molecule is CCCCN(CCCN)C(=O)CN1C[C@H](c2cc(CO)c3c(c2)OCO3)[C@@H](C(=O)O)[C@@H]1CCc1ccccn1. The summed E-state index contributed by atoms with van der Waals surface area (Å²) in [6, 6.07) is 8.96. The molecule has 3 heterocycles. The lowest BCUT2D eigenvalue weighted by atomic mass is 9.83. The fourth-order valence-electron chi connectivity index (χ4n) is 5.74. The molecule has 1 saturated heterocycles. The number of unbranched alkanes of at least 4 members (excludes halogenated alkanes) is 1. The number of hydrogen-bond acceptors (Lipinski definition) is 8. The zero-order valence-electron chi connectivity index (χ0n) is 22.6. The van der Waals surface area contributed by atoms with E-state index in [1.54, 1.807) is 6.20 Å². The number of carboxylic acids is 1. The Morgan fingerprint density at radius 1 is 1.21 bits per heavy atom. The summed E-state index contributed by atoms with van der Waals surface area (Å²) in [5.74, 6) is -1.05. The highest BCUT2D eigenvalue weighted by molar-refractivity contribution is 5.79. The van der Waals surface area contributed by atoms with E-state index in [0.717, 1.165) is 30.5 Å². The average molecular weight is 541 g/mol. The van der Waals surface area contributed by atoms with Gasteiger partial charge >= 0.3 is 5.97 Å². The number of aryl methyl sites for hydroxylation is 1. The van der Waals surface area contributed by atoms with Crippen molar-refractivity contribution in [3.05, 3.63) is 53.3 Å². The van der Waals surface area contributed by atoms with Gasteiger partial charge in [0.25, 0.3) is 0 Å². The van der Waals surface area contributed by atoms with Crippen LogP contribution in [0, 0.1) is 5.92 Å². The van der Waals surface area contributed by atoms with Crippen molar-refractivity contribution in [2.75, 3.05) is 39.5 Å². The summed E-state index contributed by atoms with van der Waals surface area (Å²) in [6.07, 6.45) is 5.48. The standard InChI is InChI=1S/C29H40N4O6/c1-2-3-12-32(13-6-10-30)26(35)17-33-16-23(20-14-21(18-34)28-25(15-20)38-19-39-28)27(29(36)37)24(33)9-8-22-7-4-5-11-31-22/h4-5,7,11,14-15,23-24,27,34H,2-3,6,8-10,12-13,16-19,30H2,1H3,(H,36,37)/t23-,24+,27-/m1/s1. The molecule has 2 aliphatic heterocycles. The average Bonchev–Trinajstić information content (AvgIpc) is 3.56. The lowest BCUT2D eigenvalue weighted by Gasteiger charge is -2.29. The highest BCUT2D eigenvalue weighted by Gasteiger charge is 2.47. The largest absolute Gasteiger partial charge is 0.481 e. The number of nitrogens with zero attached hydrogens (tertiary/aromatic N) is 3. The normalized spacial score (nSPS) is 20.3. The van der Waals surface area contributed by atoms with Crippen LogP contribution in [0.25, 0.3) is 0 Å². The smallest absolute Gasteiger partial charge is 0.308 e. The second-order valence-electron chi connectivity index (χ2n) is 10.3. The van der Waals surface area contributed by atoms with Crippen LogP contribution < -0.4 is 15.2 Å². The van der Waals surface area contributed by atoms with Crippen LogP contribution in [0.4, 0.5) is 0 Å². The molecule has 10 nitrogen and oxygen atoms in total. The van der Waals surface area contributed by atoms with Gasteiger partial charge in [0.15, 0.2) is 11.5 Å². The number of ether oxygens (including phenoxy) is 2. The molecule has 0 saturated carbocycles. The van der Waals surface area contributed by atoms with Gasteiger partial charge < -0.3 is 30.3 Å². The first-order chi connectivity index (χ1) is 19.0. The summed E-state index contributed by atoms with van der Waals surface area (Å²) in [7, 11) is 0. The Hall–Kier alpha value is -3.21. The molecule has 1 aromatic carbocycles. The first-order valence-corrected chi connectivity index (χ1v) is 13.8. The van der Waals surface area contributed by atoms with Gasteiger partial charge in [0.05, 0.1) is 19.1 Å². The summed E-state index contributed by atoms with van der Waals surface area (Å²) >= 11 is 0. The Bertz CT molecular complexity index is 1110. The Morgan fingerprint density at radius 2 is 2.03 bits per heavy atom. The Morgan fingerprint density at radius 3 is 2.72 bits per heavy atom. The Labute approximate surface area is 229 Å². The predicted molar refractivity (Wildman–Crippen MR) is 145 cm³/mol. The topological polar surface area (TPSA) is 138 Å². The third kappa shape index (κ3) is 6.87. The lowest BCUT2D eigenvalue weighted by Crippen LogP contribution is -2.45. The van der Waals surface area contributed by atoms with Crippen LogP contribution >= 0.6 is 0 Å². The molecule has 4 rings (SSSR count). The van der Waals surface area contributed by atoms with Crippen molar-refractivity contribution in [3.8, 4) is 11.5 Å². The van der Waals surface area contributed by atoms with E-state index in [1.807, 2.05) is 40.1 Å². The predicted octanol–water partition coefficient (Wildman–Crippen LogP) is 2.38. The minimum atomic E-state index is -0.907. The van der Waals surface area contributed by atoms with Gasteiger partial charge in [-0.05, 0) is 62.1 Å². The first kappa shape index (κ1) is 28.8. The van der Waals surface area contributed by atoms with Crippen molar-refractivity contribution < 1.29 is 29.3 Å². The number of rotatable bonds is 14. The lowest BCUT2D eigenvalue weighted by molar-refractivity contribution is -0.143. The molecule has 0 spiro atoms. The van der Waals surface area contributed by atoms with E-state index in [9.17, 15) is 19.8 Å². The maximum Gasteiger partial charge on any atom is 0.308 e. The number of aliphatic hydroxyl groups is 1. The maximum atomic E-state index is 13.5. The molecule has 10 heteroatoms. The number of carboxylic acid groups (broad SMARTS) is 1. The quantitative estimate of drug-likeness (QED) is 0.330. The van der Waals surface area contributed by atoms with E-state index in [4.69, 9.17) is 15.2 Å². The first-order valence-electron chi connectivity index (χ1n) is 13.8. The van der Waals surface area contributed by atoms with Gasteiger partial charge in [0.2, 0.25) is 12.7 Å². The number of amides is 1. The van der Waals surface area contributed by atoms with Crippen molar-refractivity contribution in [1.82, 2.24) is 14.8 Å². The van der Waals surface area contributed by atoms with Crippen molar-refractivity contribution in [2.24, 2.45) is 11.7 Å². The van der Waals surface area contributed by atoms with E-state index in [-0.39, 0.29) is 31.9 Å². The summed E-state index contributed by atoms with van der Waals surface area (Å²) < 4.78 is 11.1. The van der Waals surface area contributed by atoms with E-state index in [2.05, 4.69) is 11.9 Å². The highest BCUT2D eigenvalue weighted by atomic mass is 16.7. The molecule has 3 atom stereocenters. The van der Waals surface area contributed by atoms with E-state index < -0.39 is 17.8 Å². The molecule has 39 heavy (non-hydrogen) atoms. The molecule has 0 aliphatic carbocycles. The third-order valence-electron chi connectivity index (χ3n) is 7.73. The van der Waals surface area contributed by atoms with E-state index in [1.165, 1.54) is 0 Å². The number of nitrogens with two attached hydrogens (primary N) is 1. The van der Waals surface area contributed by atoms with Crippen LogP contribution in [-0.2, 0) is 22.6 Å². The number of fused-ring (bicyclic) bond motifs is 1. The molecule has 1 fully saturated rings. The fourth-order valence-corrected chi connectivity index (χ4v) is 5.74. The van der Waals surface area contributed by atoms with Gasteiger partial charge in [0, 0.05) is 49.0 Å². The van der Waals surface area contributed by atoms with Crippen molar-refractivity contribution in [1.29, 1.82) is 0 Å². The number of hydrogen-bond donors (Lipinski definition) is 3. The zero-order chi connectivity index (χ0) is 27.8. The fraction of sp³-hybridized carbons (Fsp3) is 0.552. The van der Waals surface area contributed by atoms with Gasteiger partial charge in [-0.15, -0.1) is 0 Å². The van der Waals surface area contributed by atoms with Gasteiger partial charge in [-0.25, -0.2) is 0 Å². The number of aliphatic carboxylic acids is 1. The second kappa shape index (κ2) is 13.7. The summed E-state index contributed by atoms with van der Waals surface area (Å²) in [4.78, 5) is 34.6. The minimum Gasteiger partial charge on any atom is -0.481 e. The Balaban J connectivity index is 1.63. The molecular weight excluding hydrogens is 500 g/mol. The number of carbonyl (C=O) groups is 2. The summed E-state index contributed by atoms with van der Waals surface area (Å²) in [5, 5.41) is 20.4. The van der Waals surface area contributed by atoms with Crippen molar-refractivity contribution in [2.45, 2.75) is 57.6 Å². The molecule has 0 unspecified atom stereocenters. The van der Waals surface area contributed by atoms with Crippen LogP contribution in [0.1, 0.15) is 55.3 Å². The molecule has 1 aromatic heterocycles. The molecule has 212 valence electrons. The minimum absolute atomic E-state index is 0.00809. The van der Waals surface area contributed by atoms with E-state index in [0.29, 0.717) is 56.1 Å². The van der Waals surface area contributed by atoms with Crippen molar-refractivity contribution >= 4 is 11.9 Å². The van der Waals surface area contributed by atoms with Crippen LogP contribution in [0.3, 0.4) is 0 Å². The van der Waals surface area contributed by atoms with Crippen LogP contribution in [0.5, 0.6) is 11.5 Å². The zero-order valence-corrected chi connectivity index (χ0v) is 22.6. The van der Waals surface area contributed by atoms with Crippen LogP contribution in [0.2, 0.25) is 0 Å². The van der Waals surface area contributed by atoms with Gasteiger partial charge in [-0.1, -0.05) is 19.4 Å². The summed E-state index contributed by atoms with van der Waals surface area (Å²) in [5.41, 5.74) is 7.94. The molecule has 0 bridgehead atoms. The number of aliphatic hydroxyl groups excluding tert-OH is 1. The number of likely N-dealkylation sites (tertiary alicyclic amines) is 1. The van der Waals surface area contributed by atoms with E-state index >= 15 is 0 Å². The van der Waals surface area contributed by atoms with Crippen LogP contribution in [-0.4, -0.2) is 82.4 Å². The number of pyridine rings is 1. The maximum absolute atomic E-state index is 13.5. The molecule has 2 aromatic rings. The molecular formula is C29H40N4O6. The van der Waals surface area contributed by atoms with Crippen LogP contribution in [0.15, 0.2) is 36.5 Å². The number of aromatic nitrogens is 1. The van der Waals surface area contributed by atoms with Gasteiger partial charge in [0.1, 0.15) is 0 Å². The monoisotopic (exact) mass is 540 g/mol. The van der Waals surface area contributed by atoms with Gasteiger partial charge in [-0.3, -0.25) is 19.5 Å². The number of carbonyl (C=O) groups excluding carboxylic acids is 1. The molecule has 1 amide bonds. The third-order valence-corrected chi connectivity index (χ3v) is 7.73. The molecule has 0 radical (unpaired) electrons. The second-order valence-corrected chi connectivity index (χ2v) is 10.3. The Kier molecular flexibility index (Phi) is 10.1. The molecule has 2 aliphatic rings. The molecule has 4 N–H and O–H groups in total. The van der Waals surface area contributed by atoms with Gasteiger partial charge in [-0.2, -0.15) is 0 Å². The highest BCUT2D eigenvalue weighted by Crippen LogP contribution is 2.44. The summed E-state index contributed by atoms with van der Waals surface area (Å²) in [6.45, 7) is 4.20. The van der Waals surface area contributed by atoms with Crippen molar-refractivity contribution in [3.63, 3.8) is 0 Å².